The molecule has 2 rings (SSSR count). The summed E-state index contributed by atoms with van der Waals surface area (Å²) in [6.07, 6.45) is 3.73. The maximum atomic E-state index is 10.9. The molecule has 0 heterocycles. The molecule has 1 aliphatic carbocycles. The molecule has 0 saturated heterocycles. The third-order valence-electron chi connectivity index (χ3n) is 3.52. The number of benzene rings is 1. The van der Waals surface area contributed by atoms with Gasteiger partial charge in [-0.3, -0.25) is 10.1 Å². The van der Waals surface area contributed by atoms with Crippen LogP contribution in [-0.4, -0.2) is 11.0 Å². The van der Waals surface area contributed by atoms with Crippen LogP contribution in [0.15, 0.2) is 18.2 Å². The summed E-state index contributed by atoms with van der Waals surface area (Å²) in [6, 6.07) is 6.25. The summed E-state index contributed by atoms with van der Waals surface area (Å²) in [7, 11) is 0. The van der Waals surface area contributed by atoms with E-state index >= 15 is 0 Å². The fourth-order valence-corrected chi connectivity index (χ4v) is 2.12. The smallest absolute Gasteiger partial charge is 0.272 e. The number of nitrogens with zero attached hydrogens (tertiary/aromatic N) is 1. The van der Waals surface area contributed by atoms with E-state index in [9.17, 15) is 10.1 Å². The Morgan fingerprint density at radius 2 is 2.18 bits per heavy atom. The van der Waals surface area contributed by atoms with E-state index in [-0.39, 0.29) is 16.7 Å². The predicted molar refractivity (Wildman–Crippen MR) is 67.0 cm³/mol. The van der Waals surface area contributed by atoms with Crippen molar-refractivity contribution in [2.75, 3.05) is 0 Å². The van der Waals surface area contributed by atoms with Gasteiger partial charge >= 0.3 is 0 Å². The number of aryl methyl sites for hydroxylation is 1. The van der Waals surface area contributed by atoms with E-state index in [1.54, 1.807) is 13.0 Å². The van der Waals surface area contributed by atoms with Gasteiger partial charge in [0.2, 0.25) is 0 Å². The number of nitrogens with one attached hydrogen (secondary N) is 1. The predicted octanol–water partition coefficient (Wildman–Crippen LogP) is 3.11. The maximum absolute atomic E-state index is 10.9. The molecule has 1 aromatic carbocycles. The highest BCUT2D eigenvalue weighted by molar-refractivity contribution is 5.43. The van der Waals surface area contributed by atoms with Crippen molar-refractivity contribution in [3.05, 3.63) is 39.4 Å². The van der Waals surface area contributed by atoms with E-state index in [1.807, 2.05) is 12.1 Å². The van der Waals surface area contributed by atoms with Crippen molar-refractivity contribution >= 4 is 5.69 Å². The van der Waals surface area contributed by atoms with Gasteiger partial charge in [0, 0.05) is 23.7 Å². The normalized spacial score (nSPS) is 17.5. The average Bonchev–Trinajstić information content (AvgIpc) is 2.23. The van der Waals surface area contributed by atoms with Crippen molar-refractivity contribution < 1.29 is 4.92 Å². The van der Waals surface area contributed by atoms with Crippen LogP contribution in [0.25, 0.3) is 0 Å². The number of hydrogen-bond donors (Lipinski definition) is 1. The van der Waals surface area contributed by atoms with Crippen LogP contribution < -0.4 is 5.32 Å². The zero-order chi connectivity index (χ0) is 12.4. The van der Waals surface area contributed by atoms with Crippen LogP contribution >= 0.6 is 0 Å². The Kier molecular flexibility index (Phi) is 3.43. The number of nitro benzene ring substituents is 1. The highest BCUT2D eigenvalue weighted by Crippen LogP contribution is 2.26. The molecule has 1 aromatic rings. The van der Waals surface area contributed by atoms with Crippen LogP contribution in [0.1, 0.15) is 43.4 Å². The summed E-state index contributed by atoms with van der Waals surface area (Å²) in [4.78, 5) is 10.6. The standard InChI is InChI=1S/C13H18N2O2/c1-9-6-7-11(8-13(9)15(16)17)10(2)14-12-4-3-5-12/h6-8,10,12,14H,3-5H2,1-2H3. The van der Waals surface area contributed by atoms with Crippen molar-refractivity contribution in [3.63, 3.8) is 0 Å². The minimum Gasteiger partial charge on any atom is -0.307 e. The Bertz CT molecular complexity index is 427. The molecule has 0 spiro atoms. The number of rotatable bonds is 4. The maximum Gasteiger partial charge on any atom is 0.272 e. The molecule has 4 heteroatoms. The molecule has 4 nitrogen and oxygen atoms in total. The molecular formula is C13H18N2O2. The number of hydrogen-bond acceptors (Lipinski definition) is 3. The van der Waals surface area contributed by atoms with Crippen molar-refractivity contribution in [1.29, 1.82) is 0 Å². The highest BCUT2D eigenvalue weighted by atomic mass is 16.6. The second kappa shape index (κ2) is 4.84. The van der Waals surface area contributed by atoms with Crippen LogP contribution in [0.3, 0.4) is 0 Å². The molecule has 0 aromatic heterocycles. The van der Waals surface area contributed by atoms with Crippen molar-refractivity contribution in [2.45, 2.75) is 45.2 Å². The van der Waals surface area contributed by atoms with Gasteiger partial charge in [-0.2, -0.15) is 0 Å². The second-order valence-corrected chi connectivity index (χ2v) is 4.82. The molecule has 1 fully saturated rings. The SMILES string of the molecule is Cc1ccc(C(C)NC2CCC2)cc1[N+](=O)[O-]. The molecule has 1 saturated carbocycles. The molecule has 0 aliphatic heterocycles. The van der Waals surface area contributed by atoms with Gasteiger partial charge in [-0.25, -0.2) is 0 Å². The first-order chi connectivity index (χ1) is 8.08. The summed E-state index contributed by atoms with van der Waals surface area (Å²) in [5.41, 5.74) is 1.92. The lowest BCUT2D eigenvalue weighted by Gasteiger charge is -2.30. The molecule has 0 bridgehead atoms. The van der Waals surface area contributed by atoms with E-state index in [0.29, 0.717) is 6.04 Å². The Morgan fingerprint density at radius 3 is 2.71 bits per heavy atom. The van der Waals surface area contributed by atoms with E-state index in [0.717, 1.165) is 11.1 Å². The summed E-state index contributed by atoms with van der Waals surface area (Å²) >= 11 is 0. The lowest BCUT2D eigenvalue weighted by atomic mass is 9.91. The summed E-state index contributed by atoms with van der Waals surface area (Å²) in [6.45, 7) is 3.83. The van der Waals surface area contributed by atoms with Gasteiger partial charge in [0.15, 0.2) is 0 Å². The first kappa shape index (κ1) is 12.0. The van der Waals surface area contributed by atoms with E-state index in [4.69, 9.17) is 0 Å². The summed E-state index contributed by atoms with van der Waals surface area (Å²) < 4.78 is 0. The second-order valence-electron chi connectivity index (χ2n) is 4.82. The Morgan fingerprint density at radius 1 is 1.47 bits per heavy atom. The molecule has 1 N–H and O–H groups in total. The topological polar surface area (TPSA) is 55.2 Å². The third-order valence-corrected chi connectivity index (χ3v) is 3.52. The molecule has 1 aliphatic rings. The van der Waals surface area contributed by atoms with Gasteiger partial charge in [-0.15, -0.1) is 0 Å². The lowest BCUT2D eigenvalue weighted by molar-refractivity contribution is -0.385. The van der Waals surface area contributed by atoms with Crippen LogP contribution in [0, 0.1) is 17.0 Å². The molecule has 0 amide bonds. The van der Waals surface area contributed by atoms with Crippen LogP contribution in [0.5, 0.6) is 0 Å². The zero-order valence-corrected chi connectivity index (χ0v) is 10.3. The average molecular weight is 234 g/mol. The molecule has 92 valence electrons. The first-order valence-electron chi connectivity index (χ1n) is 6.09. The fraction of sp³-hybridized carbons (Fsp3) is 0.538. The fourth-order valence-electron chi connectivity index (χ4n) is 2.12. The minimum absolute atomic E-state index is 0.180. The molecule has 1 unspecified atom stereocenters. The lowest BCUT2D eigenvalue weighted by Crippen LogP contribution is -2.36. The van der Waals surface area contributed by atoms with E-state index in [1.165, 1.54) is 19.3 Å². The Hall–Kier alpha value is -1.42. The van der Waals surface area contributed by atoms with Gasteiger partial charge in [-0.1, -0.05) is 18.6 Å². The quantitative estimate of drug-likeness (QED) is 0.643. The molecule has 0 radical (unpaired) electrons. The van der Waals surface area contributed by atoms with Crippen molar-refractivity contribution in [3.8, 4) is 0 Å². The van der Waals surface area contributed by atoms with Gasteiger partial charge in [0.1, 0.15) is 0 Å². The van der Waals surface area contributed by atoms with Crippen molar-refractivity contribution in [2.24, 2.45) is 0 Å². The third kappa shape index (κ3) is 2.64. The van der Waals surface area contributed by atoms with Crippen LogP contribution in [0.4, 0.5) is 5.69 Å². The van der Waals surface area contributed by atoms with Gasteiger partial charge < -0.3 is 5.32 Å². The van der Waals surface area contributed by atoms with Crippen molar-refractivity contribution in [1.82, 2.24) is 5.32 Å². The van der Waals surface area contributed by atoms with E-state index in [2.05, 4.69) is 12.2 Å². The molecule has 17 heavy (non-hydrogen) atoms. The van der Waals surface area contributed by atoms with Crippen LogP contribution in [0.2, 0.25) is 0 Å². The minimum atomic E-state index is -0.311. The Balaban J connectivity index is 2.14. The monoisotopic (exact) mass is 234 g/mol. The van der Waals surface area contributed by atoms with Gasteiger partial charge in [-0.05, 0) is 32.3 Å². The van der Waals surface area contributed by atoms with Gasteiger partial charge in [0.25, 0.3) is 5.69 Å². The summed E-state index contributed by atoms with van der Waals surface area (Å²) in [5.74, 6) is 0. The van der Waals surface area contributed by atoms with Gasteiger partial charge in [0.05, 0.1) is 4.92 Å². The van der Waals surface area contributed by atoms with Crippen LogP contribution in [-0.2, 0) is 0 Å². The van der Waals surface area contributed by atoms with E-state index < -0.39 is 0 Å². The summed E-state index contributed by atoms with van der Waals surface area (Å²) in [5, 5.41) is 14.4. The first-order valence-corrected chi connectivity index (χ1v) is 6.09. The molecule has 1 atom stereocenters. The number of nitro groups is 1. The largest absolute Gasteiger partial charge is 0.307 e. The Labute approximate surface area is 101 Å². The highest BCUT2D eigenvalue weighted by Gasteiger charge is 2.21. The molecular weight excluding hydrogens is 216 g/mol. The zero-order valence-electron chi connectivity index (χ0n) is 10.3.